The summed E-state index contributed by atoms with van der Waals surface area (Å²) >= 11 is 0. The Morgan fingerprint density at radius 2 is 2.20 bits per heavy atom. The van der Waals surface area contributed by atoms with Crippen molar-refractivity contribution in [3.05, 3.63) is 12.1 Å². The quantitative estimate of drug-likeness (QED) is 0.882. The lowest BCUT2D eigenvalue weighted by Crippen LogP contribution is -2.26. The van der Waals surface area contributed by atoms with Crippen LogP contribution in [0.1, 0.15) is 25.7 Å². The predicted molar refractivity (Wildman–Crippen MR) is 72.0 cm³/mol. The Morgan fingerprint density at radius 3 is 2.75 bits per heavy atom. The monoisotopic (exact) mass is 299 g/mol. The SMILES string of the molecule is CS(=O)(=O)c1ccc(NC(=O)CC2CCCCO2)nn1. The molecule has 1 aliphatic heterocycles. The molecule has 1 aliphatic rings. The number of aromatic nitrogens is 2. The lowest BCUT2D eigenvalue weighted by molar-refractivity contribution is -0.119. The summed E-state index contributed by atoms with van der Waals surface area (Å²) in [6, 6.07) is 2.73. The van der Waals surface area contributed by atoms with Crippen LogP contribution in [0.2, 0.25) is 0 Å². The molecule has 1 amide bonds. The number of anilines is 1. The first-order chi connectivity index (χ1) is 9.45. The van der Waals surface area contributed by atoms with Crippen molar-refractivity contribution < 1.29 is 17.9 Å². The zero-order valence-electron chi connectivity index (χ0n) is 11.2. The molecule has 1 aromatic heterocycles. The van der Waals surface area contributed by atoms with E-state index in [1.165, 1.54) is 12.1 Å². The fraction of sp³-hybridized carbons (Fsp3) is 0.583. The molecule has 0 radical (unpaired) electrons. The largest absolute Gasteiger partial charge is 0.378 e. The highest BCUT2D eigenvalue weighted by Crippen LogP contribution is 2.16. The minimum Gasteiger partial charge on any atom is -0.378 e. The van der Waals surface area contributed by atoms with Crippen molar-refractivity contribution >= 4 is 21.6 Å². The van der Waals surface area contributed by atoms with Crippen LogP contribution in [-0.2, 0) is 19.4 Å². The first-order valence-corrected chi connectivity index (χ1v) is 8.29. The van der Waals surface area contributed by atoms with Crippen molar-refractivity contribution in [2.45, 2.75) is 36.8 Å². The number of hydrogen-bond acceptors (Lipinski definition) is 6. The van der Waals surface area contributed by atoms with E-state index in [2.05, 4.69) is 15.5 Å². The number of ether oxygens (including phenoxy) is 1. The molecule has 1 unspecified atom stereocenters. The minimum atomic E-state index is -3.38. The van der Waals surface area contributed by atoms with Gasteiger partial charge in [-0.25, -0.2) is 8.42 Å². The van der Waals surface area contributed by atoms with Crippen LogP contribution < -0.4 is 5.32 Å². The summed E-state index contributed by atoms with van der Waals surface area (Å²) in [5.74, 6) is 0.0246. The van der Waals surface area contributed by atoms with Gasteiger partial charge in [0, 0.05) is 12.9 Å². The number of carbonyl (C=O) groups is 1. The Morgan fingerprint density at radius 1 is 1.40 bits per heavy atom. The molecule has 20 heavy (non-hydrogen) atoms. The molecule has 8 heteroatoms. The number of carbonyl (C=O) groups excluding carboxylic acids is 1. The van der Waals surface area contributed by atoms with Crippen LogP contribution in [0.5, 0.6) is 0 Å². The minimum absolute atomic E-state index is 0.0491. The highest BCUT2D eigenvalue weighted by atomic mass is 32.2. The van der Waals surface area contributed by atoms with Crippen molar-refractivity contribution in [3.63, 3.8) is 0 Å². The standard InChI is InChI=1S/C12H17N3O4S/c1-20(17,18)12-6-5-10(14-15-12)13-11(16)8-9-4-2-3-7-19-9/h5-6,9H,2-4,7-8H2,1H3,(H,13,14,16). The van der Waals surface area contributed by atoms with Crippen LogP contribution in [0.4, 0.5) is 5.82 Å². The average molecular weight is 299 g/mol. The number of nitrogens with zero attached hydrogens (tertiary/aromatic N) is 2. The van der Waals surface area contributed by atoms with Gasteiger partial charge in [0.05, 0.1) is 12.5 Å². The van der Waals surface area contributed by atoms with Gasteiger partial charge in [0.1, 0.15) is 0 Å². The zero-order chi connectivity index (χ0) is 14.6. The highest BCUT2D eigenvalue weighted by Gasteiger charge is 2.18. The molecule has 0 bridgehead atoms. The van der Waals surface area contributed by atoms with E-state index in [9.17, 15) is 13.2 Å². The smallest absolute Gasteiger partial charge is 0.228 e. The van der Waals surface area contributed by atoms with E-state index in [0.29, 0.717) is 6.61 Å². The third-order valence-corrected chi connectivity index (χ3v) is 3.95. The van der Waals surface area contributed by atoms with Gasteiger partial charge in [0.15, 0.2) is 20.7 Å². The molecule has 0 aliphatic carbocycles. The third-order valence-electron chi connectivity index (χ3n) is 2.97. The van der Waals surface area contributed by atoms with Crippen LogP contribution in [0.3, 0.4) is 0 Å². The molecule has 0 spiro atoms. The van der Waals surface area contributed by atoms with Crippen molar-refractivity contribution in [1.29, 1.82) is 0 Å². The van der Waals surface area contributed by atoms with E-state index in [0.717, 1.165) is 25.5 Å². The van der Waals surface area contributed by atoms with E-state index in [1.807, 2.05) is 0 Å². The second-order valence-electron chi connectivity index (χ2n) is 4.77. The van der Waals surface area contributed by atoms with Crippen LogP contribution >= 0.6 is 0 Å². The van der Waals surface area contributed by atoms with E-state index in [4.69, 9.17) is 4.74 Å². The summed E-state index contributed by atoms with van der Waals surface area (Å²) in [6.45, 7) is 0.695. The second kappa shape index (κ2) is 6.27. The van der Waals surface area contributed by atoms with Crippen molar-refractivity contribution in [2.24, 2.45) is 0 Å². The van der Waals surface area contributed by atoms with Gasteiger partial charge < -0.3 is 10.1 Å². The van der Waals surface area contributed by atoms with Crippen molar-refractivity contribution in [1.82, 2.24) is 10.2 Å². The number of rotatable bonds is 4. The molecule has 2 rings (SSSR count). The molecule has 1 fully saturated rings. The lowest BCUT2D eigenvalue weighted by Gasteiger charge is -2.21. The van der Waals surface area contributed by atoms with E-state index < -0.39 is 9.84 Å². The van der Waals surface area contributed by atoms with Crippen LogP contribution in [0.25, 0.3) is 0 Å². The van der Waals surface area contributed by atoms with Crippen LogP contribution in [0.15, 0.2) is 17.2 Å². The Hall–Kier alpha value is -1.54. The predicted octanol–water partition coefficient (Wildman–Crippen LogP) is 0.778. The van der Waals surface area contributed by atoms with Crippen molar-refractivity contribution in [3.8, 4) is 0 Å². The molecule has 1 aromatic rings. The fourth-order valence-electron chi connectivity index (χ4n) is 1.95. The van der Waals surface area contributed by atoms with Crippen LogP contribution in [0, 0.1) is 0 Å². The van der Waals surface area contributed by atoms with E-state index in [-0.39, 0.29) is 29.3 Å². The summed E-state index contributed by atoms with van der Waals surface area (Å²) in [5, 5.41) is 9.70. The number of hydrogen-bond donors (Lipinski definition) is 1. The molecule has 0 saturated carbocycles. The molecule has 1 N–H and O–H groups in total. The highest BCUT2D eigenvalue weighted by molar-refractivity contribution is 7.90. The molecule has 7 nitrogen and oxygen atoms in total. The molecule has 1 atom stereocenters. The number of sulfone groups is 1. The Labute approximate surface area is 117 Å². The van der Waals surface area contributed by atoms with Gasteiger partial charge in [-0.2, -0.15) is 0 Å². The Balaban J connectivity index is 1.91. The molecular weight excluding hydrogens is 282 g/mol. The molecule has 1 saturated heterocycles. The summed E-state index contributed by atoms with van der Waals surface area (Å²) in [6.07, 6.45) is 4.27. The first-order valence-electron chi connectivity index (χ1n) is 6.40. The van der Waals surface area contributed by atoms with Gasteiger partial charge in [-0.15, -0.1) is 10.2 Å². The van der Waals surface area contributed by atoms with Gasteiger partial charge in [-0.3, -0.25) is 4.79 Å². The van der Waals surface area contributed by atoms with Gasteiger partial charge >= 0.3 is 0 Å². The zero-order valence-corrected chi connectivity index (χ0v) is 12.0. The summed E-state index contributed by atoms with van der Waals surface area (Å²) < 4.78 is 27.9. The van der Waals surface area contributed by atoms with Crippen molar-refractivity contribution in [2.75, 3.05) is 18.2 Å². The summed E-state index contributed by atoms with van der Waals surface area (Å²) in [4.78, 5) is 11.8. The number of nitrogens with one attached hydrogen (secondary N) is 1. The fourth-order valence-corrected chi connectivity index (χ4v) is 2.46. The number of amides is 1. The second-order valence-corrected chi connectivity index (χ2v) is 6.73. The van der Waals surface area contributed by atoms with E-state index in [1.54, 1.807) is 0 Å². The Bertz CT molecular complexity index is 565. The summed E-state index contributed by atoms with van der Waals surface area (Å²) in [5.41, 5.74) is 0. The van der Waals surface area contributed by atoms with Crippen LogP contribution in [-0.4, -0.2) is 43.5 Å². The van der Waals surface area contributed by atoms with Gasteiger partial charge in [-0.1, -0.05) is 0 Å². The van der Waals surface area contributed by atoms with Gasteiger partial charge in [0.25, 0.3) is 0 Å². The maximum Gasteiger partial charge on any atom is 0.228 e. The molecule has 110 valence electrons. The topological polar surface area (TPSA) is 98.2 Å². The first kappa shape index (κ1) is 14.9. The Kier molecular flexibility index (Phi) is 4.66. The maximum atomic E-state index is 11.8. The summed E-state index contributed by atoms with van der Waals surface area (Å²) in [7, 11) is -3.38. The normalized spacial score (nSPS) is 19.6. The third kappa shape index (κ3) is 4.24. The maximum absolute atomic E-state index is 11.8. The lowest BCUT2D eigenvalue weighted by atomic mass is 10.1. The van der Waals surface area contributed by atoms with Gasteiger partial charge in [0.2, 0.25) is 5.91 Å². The molecular formula is C12H17N3O4S. The molecule has 2 heterocycles. The average Bonchev–Trinajstić information content (AvgIpc) is 2.39. The molecule has 0 aromatic carbocycles. The van der Waals surface area contributed by atoms with E-state index >= 15 is 0 Å². The van der Waals surface area contributed by atoms with Gasteiger partial charge in [-0.05, 0) is 31.4 Å².